The van der Waals surface area contributed by atoms with Crippen LogP contribution < -0.4 is 15.4 Å². The van der Waals surface area contributed by atoms with Crippen molar-refractivity contribution in [1.82, 2.24) is 10.0 Å². The summed E-state index contributed by atoms with van der Waals surface area (Å²) >= 11 is 6.05. The zero-order valence-corrected chi connectivity index (χ0v) is 12.9. The normalized spacial score (nSPS) is 21.4. The first kappa shape index (κ1) is 14.8. The third-order valence-corrected chi connectivity index (χ3v) is 5.69. The molecule has 2 aliphatic heterocycles. The van der Waals surface area contributed by atoms with E-state index in [1.807, 2.05) is 0 Å². The van der Waals surface area contributed by atoms with E-state index in [0.29, 0.717) is 23.7 Å². The van der Waals surface area contributed by atoms with Crippen LogP contribution in [0.1, 0.15) is 12.0 Å². The number of rotatable bonds is 4. The van der Waals surface area contributed by atoms with Gasteiger partial charge in [0.1, 0.15) is 4.90 Å². The van der Waals surface area contributed by atoms with Crippen molar-refractivity contribution >= 4 is 33.2 Å². The van der Waals surface area contributed by atoms with Crippen LogP contribution >= 0.6 is 11.6 Å². The molecule has 0 radical (unpaired) electrons. The Bertz CT molecular complexity index is 684. The summed E-state index contributed by atoms with van der Waals surface area (Å²) in [6.45, 7) is 2.12. The molecule has 21 heavy (non-hydrogen) atoms. The van der Waals surface area contributed by atoms with Crippen LogP contribution in [0, 0.1) is 5.92 Å². The van der Waals surface area contributed by atoms with Crippen molar-refractivity contribution in [3.8, 4) is 0 Å². The summed E-state index contributed by atoms with van der Waals surface area (Å²) in [6, 6.07) is 2.97. The molecule has 1 aromatic rings. The topological polar surface area (TPSA) is 87.3 Å². The van der Waals surface area contributed by atoms with Gasteiger partial charge in [0.25, 0.3) is 0 Å². The van der Waals surface area contributed by atoms with Crippen molar-refractivity contribution < 1.29 is 13.2 Å². The number of anilines is 1. The summed E-state index contributed by atoms with van der Waals surface area (Å²) in [5, 5.41) is 5.96. The van der Waals surface area contributed by atoms with Crippen molar-refractivity contribution in [3.63, 3.8) is 0 Å². The minimum absolute atomic E-state index is 0.0328. The fourth-order valence-electron chi connectivity index (χ4n) is 2.63. The molecule has 1 amide bonds. The summed E-state index contributed by atoms with van der Waals surface area (Å²) in [5.74, 6) is 0.150. The predicted octanol–water partition coefficient (Wildman–Crippen LogP) is 0.722. The van der Waals surface area contributed by atoms with E-state index >= 15 is 0 Å². The number of hydrogen-bond acceptors (Lipinski definition) is 4. The van der Waals surface area contributed by atoms with Gasteiger partial charge in [-0.25, -0.2) is 13.1 Å². The van der Waals surface area contributed by atoms with Gasteiger partial charge < -0.3 is 10.6 Å². The lowest BCUT2D eigenvalue weighted by atomic mass is 10.1. The molecule has 114 valence electrons. The molecule has 1 saturated heterocycles. The van der Waals surface area contributed by atoms with Gasteiger partial charge in [-0.2, -0.15) is 0 Å². The third-order valence-electron chi connectivity index (χ3n) is 3.80. The number of sulfonamides is 1. The maximum Gasteiger partial charge on any atom is 0.242 e. The van der Waals surface area contributed by atoms with E-state index < -0.39 is 10.0 Å². The second-order valence-electron chi connectivity index (χ2n) is 5.38. The fraction of sp³-hybridized carbons (Fsp3) is 0.462. The minimum Gasteiger partial charge on any atom is -0.325 e. The smallest absolute Gasteiger partial charge is 0.242 e. The van der Waals surface area contributed by atoms with Gasteiger partial charge in [0.15, 0.2) is 0 Å². The van der Waals surface area contributed by atoms with Crippen molar-refractivity contribution in [2.75, 3.05) is 25.0 Å². The largest absolute Gasteiger partial charge is 0.325 e. The summed E-state index contributed by atoms with van der Waals surface area (Å²) in [5.41, 5.74) is 1.25. The second-order valence-corrected chi connectivity index (χ2v) is 7.52. The van der Waals surface area contributed by atoms with Crippen LogP contribution in [-0.2, 0) is 21.2 Å². The molecule has 0 aromatic heterocycles. The number of carbonyl (C=O) groups excluding carboxylic acids is 1. The Morgan fingerprint density at radius 3 is 2.90 bits per heavy atom. The molecule has 2 heterocycles. The lowest BCUT2D eigenvalue weighted by Crippen LogP contribution is -2.30. The zero-order valence-electron chi connectivity index (χ0n) is 11.3. The Morgan fingerprint density at radius 1 is 1.38 bits per heavy atom. The fourth-order valence-corrected chi connectivity index (χ4v) is 4.32. The van der Waals surface area contributed by atoms with Gasteiger partial charge in [0, 0.05) is 12.2 Å². The zero-order chi connectivity index (χ0) is 15.0. The molecule has 0 spiro atoms. The molecule has 3 N–H and O–H groups in total. The third kappa shape index (κ3) is 3.06. The molecule has 2 aliphatic rings. The molecule has 0 bridgehead atoms. The molecule has 0 saturated carbocycles. The Balaban J connectivity index is 1.81. The number of nitrogens with one attached hydrogen (secondary N) is 3. The molecule has 6 nitrogen and oxygen atoms in total. The van der Waals surface area contributed by atoms with E-state index in [1.54, 1.807) is 0 Å². The maximum absolute atomic E-state index is 12.4. The van der Waals surface area contributed by atoms with E-state index in [9.17, 15) is 13.2 Å². The lowest BCUT2D eigenvalue weighted by molar-refractivity contribution is -0.115. The number of amides is 1. The van der Waals surface area contributed by atoms with Gasteiger partial charge in [0.2, 0.25) is 15.9 Å². The van der Waals surface area contributed by atoms with Crippen LogP contribution in [0.5, 0.6) is 0 Å². The van der Waals surface area contributed by atoms with Crippen LogP contribution in [0.3, 0.4) is 0 Å². The summed E-state index contributed by atoms with van der Waals surface area (Å²) < 4.78 is 27.3. The SMILES string of the molecule is O=C1Cc2cc(S(=O)(=O)NCC3CCNC3)c(Cl)cc2N1. The molecule has 1 fully saturated rings. The number of fused-ring (bicyclic) bond motifs is 1. The molecule has 1 unspecified atom stereocenters. The first-order valence-corrected chi connectivity index (χ1v) is 8.64. The van der Waals surface area contributed by atoms with E-state index in [-0.39, 0.29) is 22.2 Å². The molecular formula is C13H16ClN3O3S. The quantitative estimate of drug-likeness (QED) is 0.759. The second kappa shape index (κ2) is 5.57. The Morgan fingerprint density at radius 2 is 2.19 bits per heavy atom. The molecule has 1 atom stereocenters. The predicted molar refractivity (Wildman–Crippen MR) is 80.0 cm³/mol. The van der Waals surface area contributed by atoms with Gasteiger partial charge >= 0.3 is 0 Å². The molecule has 1 aromatic carbocycles. The van der Waals surface area contributed by atoms with Crippen LogP contribution in [0.25, 0.3) is 0 Å². The number of carbonyl (C=O) groups is 1. The van der Waals surface area contributed by atoms with Crippen molar-refractivity contribution in [3.05, 3.63) is 22.7 Å². The van der Waals surface area contributed by atoms with Crippen LogP contribution in [0.4, 0.5) is 5.69 Å². The highest BCUT2D eigenvalue weighted by Gasteiger charge is 2.26. The number of benzene rings is 1. The van der Waals surface area contributed by atoms with Crippen LogP contribution in [-0.4, -0.2) is 34.0 Å². The maximum atomic E-state index is 12.4. The summed E-state index contributed by atoms with van der Waals surface area (Å²) in [6.07, 6.45) is 1.14. The first-order valence-electron chi connectivity index (χ1n) is 6.78. The number of halogens is 1. The summed E-state index contributed by atoms with van der Waals surface area (Å²) in [7, 11) is -3.67. The van der Waals surface area contributed by atoms with Crippen LogP contribution in [0.15, 0.2) is 17.0 Å². The van der Waals surface area contributed by atoms with Gasteiger partial charge in [-0.1, -0.05) is 11.6 Å². The average Bonchev–Trinajstić information content (AvgIpc) is 3.03. The summed E-state index contributed by atoms with van der Waals surface area (Å²) in [4.78, 5) is 11.4. The highest BCUT2D eigenvalue weighted by atomic mass is 35.5. The van der Waals surface area contributed by atoms with Crippen molar-refractivity contribution in [2.24, 2.45) is 5.92 Å². The first-order chi connectivity index (χ1) is 9.95. The number of hydrogen-bond donors (Lipinski definition) is 3. The van der Waals surface area contributed by atoms with E-state index in [0.717, 1.165) is 19.5 Å². The van der Waals surface area contributed by atoms with Gasteiger partial charge in [-0.3, -0.25) is 4.79 Å². The van der Waals surface area contributed by atoms with Crippen molar-refractivity contribution in [1.29, 1.82) is 0 Å². The Hall–Kier alpha value is -1.15. The monoisotopic (exact) mass is 329 g/mol. The average molecular weight is 330 g/mol. The molecule has 3 rings (SSSR count). The highest BCUT2D eigenvalue weighted by molar-refractivity contribution is 7.89. The molecular weight excluding hydrogens is 314 g/mol. The highest BCUT2D eigenvalue weighted by Crippen LogP contribution is 2.32. The standard InChI is InChI=1S/C13H16ClN3O3S/c14-10-5-11-9(4-13(18)17-11)3-12(10)21(19,20)16-7-8-1-2-15-6-8/h3,5,8,15-16H,1-2,4,6-7H2,(H,17,18). The van der Waals surface area contributed by atoms with Gasteiger partial charge in [-0.15, -0.1) is 0 Å². The van der Waals surface area contributed by atoms with Gasteiger partial charge in [0.05, 0.1) is 11.4 Å². The minimum atomic E-state index is -3.67. The Kier molecular flexibility index (Phi) is 3.92. The lowest BCUT2D eigenvalue weighted by Gasteiger charge is -2.12. The van der Waals surface area contributed by atoms with E-state index in [4.69, 9.17) is 11.6 Å². The van der Waals surface area contributed by atoms with Crippen molar-refractivity contribution in [2.45, 2.75) is 17.7 Å². The van der Waals surface area contributed by atoms with Crippen LogP contribution in [0.2, 0.25) is 5.02 Å². The Labute approximate surface area is 128 Å². The van der Waals surface area contributed by atoms with Gasteiger partial charge in [-0.05, 0) is 43.1 Å². The molecule has 0 aliphatic carbocycles. The molecule has 8 heteroatoms. The van der Waals surface area contributed by atoms with E-state index in [2.05, 4.69) is 15.4 Å². The van der Waals surface area contributed by atoms with E-state index in [1.165, 1.54) is 12.1 Å².